The van der Waals surface area contributed by atoms with Crippen molar-refractivity contribution in [3.8, 4) is 0 Å². The molecule has 0 saturated heterocycles. The summed E-state index contributed by atoms with van der Waals surface area (Å²) in [5, 5.41) is 1.15. The standard InChI is InChI=1S/C10H9NO3S.Na.H/c11-8-4-5-9-7(6-8)2-1-3-10(9)15(12,13)14;;/h1-6H,11H2,(H,12,13,14);;. The Hall–Kier alpha value is -0.590. The van der Waals surface area contributed by atoms with E-state index in [9.17, 15) is 8.42 Å². The van der Waals surface area contributed by atoms with Gasteiger partial charge in [-0.05, 0) is 23.6 Å². The maximum atomic E-state index is 11.1. The van der Waals surface area contributed by atoms with Crippen LogP contribution in [-0.4, -0.2) is 42.5 Å². The summed E-state index contributed by atoms with van der Waals surface area (Å²) < 4.78 is 31.1. The fourth-order valence-corrected chi connectivity index (χ4v) is 2.21. The summed E-state index contributed by atoms with van der Waals surface area (Å²) in [4.78, 5) is -0.0972. The van der Waals surface area contributed by atoms with E-state index in [1.54, 1.807) is 30.3 Å². The summed E-state index contributed by atoms with van der Waals surface area (Å²) in [6.45, 7) is 0. The summed E-state index contributed by atoms with van der Waals surface area (Å²) in [6.07, 6.45) is 0. The second-order valence-electron chi connectivity index (χ2n) is 3.21. The van der Waals surface area contributed by atoms with Crippen LogP contribution < -0.4 is 5.73 Å². The Bertz CT molecular complexity index is 625. The first-order valence-electron chi connectivity index (χ1n) is 4.24. The SMILES string of the molecule is Nc1ccc2c(S(=O)(=O)O)cccc2c1.[NaH]. The predicted octanol–water partition coefficient (Wildman–Crippen LogP) is 1.02. The van der Waals surface area contributed by atoms with Crippen LogP contribution in [0.2, 0.25) is 0 Å². The molecule has 80 valence electrons. The van der Waals surface area contributed by atoms with Crippen molar-refractivity contribution in [1.82, 2.24) is 0 Å². The van der Waals surface area contributed by atoms with Gasteiger partial charge in [0.25, 0.3) is 10.1 Å². The molecule has 2 aromatic carbocycles. The first-order chi connectivity index (χ1) is 6.98. The zero-order valence-electron chi connectivity index (χ0n) is 7.71. The molecule has 2 rings (SSSR count). The van der Waals surface area contributed by atoms with Crippen LogP contribution in [0.4, 0.5) is 5.69 Å². The topological polar surface area (TPSA) is 80.4 Å². The van der Waals surface area contributed by atoms with Gasteiger partial charge in [0, 0.05) is 11.1 Å². The molecule has 0 radical (unpaired) electrons. The van der Waals surface area contributed by atoms with Crippen LogP contribution >= 0.6 is 0 Å². The third-order valence-electron chi connectivity index (χ3n) is 2.14. The van der Waals surface area contributed by atoms with E-state index in [2.05, 4.69) is 0 Å². The molecule has 0 saturated carbocycles. The molecule has 2 aromatic rings. The summed E-state index contributed by atoms with van der Waals surface area (Å²) in [7, 11) is -4.18. The van der Waals surface area contributed by atoms with Crippen molar-refractivity contribution in [3.63, 3.8) is 0 Å². The molecule has 4 nitrogen and oxygen atoms in total. The molecule has 0 aromatic heterocycles. The van der Waals surface area contributed by atoms with E-state index in [-0.39, 0.29) is 34.5 Å². The van der Waals surface area contributed by atoms with Gasteiger partial charge in [0.1, 0.15) is 4.90 Å². The third kappa shape index (κ3) is 2.56. The molecule has 0 atom stereocenters. The van der Waals surface area contributed by atoms with E-state index >= 15 is 0 Å². The summed E-state index contributed by atoms with van der Waals surface area (Å²) in [5.74, 6) is 0. The molecule has 0 amide bonds. The van der Waals surface area contributed by atoms with Gasteiger partial charge >= 0.3 is 29.6 Å². The number of nitrogen functional groups attached to an aromatic ring is 1. The Morgan fingerprint density at radius 2 is 1.81 bits per heavy atom. The third-order valence-corrected chi connectivity index (χ3v) is 3.05. The number of benzene rings is 2. The van der Waals surface area contributed by atoms with Gasteiger partial charge in [-0.1, -0.05) is 18.2 Å². The monoisotopic (exact) mass is 247 g/mol. The van der Waals surface area contributed by atoms with E-state index in [0.29, 0.717) is 16.5 Å². The molecule has 16 heavy (non-hydrogen) atoms. The van der Waals surface area contributed by atoms with E-state index in [4.69, 9.17) is 10.3 Å². The number of fused-ring (bicyclic) bond motifs is 1. The number of nitrogens with two attached hydrogens (primary N) is 1. The molecule has 0 aliphatic heterocycles. The Labute approximate surface area is 115 Å². The van der Waals surface area contributed by atoms with Gasteiger partial charge in [-0.2, -0.15) is 8.42 Å². The molecule has 0 heterocycles. The van der Waals surface area contributed by atoms with Crippen molar-refractivity contribution in [2.24, 2.45) is 0 Å². The number of anilines is 1. The maximum absolute atomic E-state index is 11.1. The zero-order valence-corrected chi connectivity index (χ0v) is 8.53. The van der Waals surface area contributed by atoms with Gasteiger partial charge in [-0.15, -0.1) is 0 Å². The van der Waals surface area contributed by atoms with Gasteiger partial charge in [0.05, 0.1) is 0 Å². The normalized spacial score (nSPS) is 11.1. The molecule has 0 aliphatic carbocycles. The van der Waals surface area contributed by atoms with E-state index in [0.717, 1.165) is 0 Å². The quantitative estimate of drug-likeness (QED) is 0.448. The van der Waals surface area contributed by atoms with Gasteiger partial charge in [0.15, 0.2) is 0 Å². The average molecular weight is 247 g/mol. The average Bonchev–Trinajstić information content (AvgIpc) is 2.15. The predicted molar refractivity (Wildman–Crippen MR) is 65.3 cm³/mol. The van der Waals surface area contributed by atoms with Crippen molar-refractivity contribution in [2.45, 2.75) is 4.90 Å². The van der Waals surface area contributed by atoms with Crippen molar-refractivity contribution in [1.29, 1.82) is 0 Å². The van der Waals surface area contributed by atoms with Crippen LogP contribution in [0.3, 0.4) is 0 Å². The Morgan fingerprint density at radius 3 is 2.44 bits per heavy atom. The van der Waals surface area contributed by atoms with E-state index in [1.165, 1.54) is 6.07 Å². The summed E-state index contributed by atoms with van der Waals surface area (Å²) in [5.41, 5.74) is 6.12. The molecule has 0 unspecified atom stereocenters. The van der Waals surface area contributed by atoms with Gasteiger partial charge in [-0.25, -0.2) is 0 Å². The van der Waals surface area contributed by atoms with Crippen LogP contribution in [0.15, 0.2) is 41.3 Å². The Morgan fingerprint density at radius 1 is 1.12 bits per heavy atom. The zero-order chi connectivity index (χ0) is 11.1. The van der Waals surface area contributed by atoms with E-state index < -0.39 is 10.1 Å². The first kappa shape index (κ1) is 13.5. The van der Waals surface area contributed by atoms with Crippen LogP contribution in [-0.2, 0) is 10.1 Å². The summed E-state index contributed by atoms with van der Waals surface area (Å²) in [6, 6.07) is 9.48. The molecule has 0 aliphatic rings. The van der Waals surface area contributed by atoms with E-state index in [1.807, 2.05) is 0 Å². The Balaban J connectivity index is 0.00000128. The molecule has 3 N–H and O–H groups in total. The molecule has 6 heteroatoms. The number of hydrogen-bond donors (Lipinski definition) is 2. The van der Waals surface area contributed by atoms with Crippen LogP contribution in [0.1, 0.15) is 0 Å². The van der Waals surface area contributed by atoms with Gasteiger partial charge < -0.3 is 5.73 Å². The summed E-state index contributed by atoms with van der Waals surface area (Å²) >= 11 is 0. The van der Waals surface area contributed by atoms with Crippen LogP contribution in [0.5, 0.6) is 0 Å². The minimum absolute atomic E-state index is 0. The second kappa shape index (κ2) is 4.73. The van der Waals surface area contributed by atoms with Crippen LogP contribution in [0, 0.1) is 0 Å². The van der Waals surface area contributed by atoms with Gasteiger partial charge in [0.2, 0.25) is 0 Å². The first-order valence-corrected chi connectivity index (χ1v) is 5.68. The number of rotatable bonds is 1. The number of hydrogen-bond acceptors (Lipinski definition) is 3. The van der Waals surface area contributed by atoms with Crippen molar-refractivity contribution >= 4 is 56.1 Å². The molecule has 0 spiro atoms. The molecule has 0 bridgehead atoms. The van der Waals surface area contributed by atoms with Crippen molar-refractivity contribution < 1.29 is 13.0 Å². The molecule has 0 fully saturated rings. The van der Waals surface area contributed by atoms with Crippen LogP contribution in [0.25, 0.3) is 10.8 Å². The molecular weight excluding hydrogens is 237 g/mol. The second-order valence-corrected chi connectivity index (χ2v) is 4.60. The minimum atomic E-state index is -4.18. The Kier molecular flexibility index (Phi) is 3.98. The van der Waals surface area contributed by atoms with Crippen molar-refractivity contribution in [2.75, 3.05) is 5.73 Å². The molecular formula is C10H10NNaO3S. The van der Waals surface area contributed by atoms with Gasteiger partial charge in [-0.3, -0.25) is 4.55 Å². The van der Waals surface area contributed by atoms with Crippen molar-refractivity contribution in [3.05, 3.63) is 36.4 Å². The fourth-order valence-electron chi connectivity index (χ4n) is 1.50. The fraction of sp³-hybridized carbons (Fsp3) is 0.